The summed E-state index contributed by atoms with van der Waals surface area (Å²) in [5.41, 5.74) is 0.939. The van der Waals surface area contributed by atoms with Crippen LogP contribution in [0, 0.1) is 6.92 Å². The number of nitrogens with one attached hydrogen (secondary N) is 2. The number of amides is 1. The van der Waals surface area contributed by atoms with Gasteiger partial charge in [0, 0.05) is 24.8 Å². The number of carbonyl (C=O) groups excluding carboxylic acids is 1. The molecule has 1 aromatic heterocycles. The second-order valence-electron chi connectivity index (χ2n) is 4.16. The van der Waals surface area contributed by atoms with Crippen molar-refractivity contribution in [1.82, 2.24) is 10.2 Å². The largest absolute Gasteiger partial charge is 0.378 e. The Kier molecular flexibility index (Phi) is 3.56. The van der Waals surface area contributed by atoms with Crippen LogP contribution in [-0.4, -0.2) is 28.8 Å². The number of anilines is 1. The van der Waals surface area contributed by atoms with Crippen LogP contribution >= 0.6 is 0 Å². The van der Waals surface area contributed by atoms with Crippen LogP contribution in [0.3, 0.4) is 0 Å². The molecule has 0 bridgehead atoms. The molecule has 1 saturated heterocycles. The number of aromatic nitrogens is 2. The minimum atomic E-state index is 0.00185. The molecule has 88 valence electrons. The highest BCUT2D eigenvalue weighted by atomic mass is 16.5. The lowest BCUT2D eigenvalue weighted by Gasteiger charge is -2.07. The van der Waals surface area contributed by atoms with Gasteiger partial charge >= 0.3 is 0 Å². The molecule has 5 nitrogen and oxygen atoms in total. The molecule has 1 fully saturated rings. The molecule has 0 aliphatic carbocycles. The van der Waals surface area contributed by atoms with E-state index in [2.05, 4.69) is 15.5 Å². The Morgan fingerprint density at radius 3 is 3.25 bits per heavy atom. The number of carbonyl (C=O) groups is 1. The second-order valence-corrected chi connectivity index (χ2v) is 4.16. The normalized spacial score (nSPS) is 19.9. The van der Waals surface area contributed by atoms with Crippen molar-refractivity contribution < 1.29 is 9.53 Å². The Hall–Kier alpha value is -1.36. The first-order valence-electron chi connectivity index (χ1n) is 5.67. The number of H-pyrrole nitrogens is 1. The lowest BCUT2D eigenvalue weighted by molar-refractivity contribution is -0.116. The molecule has 0 aromatic carbocycles. The first-order chi connectivity index (χ1) is 7.74. The van der Waals surface area contributed by atoms with Crippen molar-refractivity contribution in [2.75, 3.05) is 11.9 Å². The zero-order chi connectivity index (χ0) is 11.4. The fourth-order valence-electron chi connectivity index (χ4n) is 1.85. The van der Waals surface area contributed by atoms with Gasteiger partial charge in [-0.3, -0.25) is 9.89 Å². The van der Waals surface area contributed by atoms with Gasteiger partial charge in [-0.25, -0.2) is 0 Å². The van der Waals surface area contributed by atoms with Crippen molar-refractivity contribution in [3.8, 4) is 0 Å². The van der Waals surface area contributed by atoms with E-state index in [1.807, 2.05) is 13.0 Å². The quantitative estimate of drug-likeness (QED) is 0.815. The molecule has 1 aliphatic heterocycles. The predicted octanol–water partition coefficient (Wildman–Crippen LogP) is 1.62. The van der Waals surface area contributed by atoms with E-state index in [-0.39, 0.29) is 12.0 Å². The molecule has 5 heteroatoms. The third-order valence-electron chi connectivity index (χ3n) is 2.69. The summed E-state index contributed by atoms with van der Waals surface area (Å²) in [6.45, 7) is 2.74. The van der Waals surface area contributed by atoms with Crippen LogP contribution in [-0.2, 0) is 9.53 Å². The molecular weight excluding hydrogens is 206 g/mol. The fourth-order valence-corrected chi connectivity index (χ4v) is 1.85. The summed E-state index contributed by atoms with van der Waals surface area (Å²) in [7, 11) is 0. The molecule has 1 aliphatic rings. The molecule has 2 heterocycles. The van der Waals surface area contributed by atoms with Gasteiger partial charge in [-0.15, -0.1) is 0 Å². The topological polar surface area (TPSA) is 67.0 Å². The Morgan fingerprint density at radius 2 is 2.62 bits per heavy atom. The number of ether oxygens (including phenoxy) is 1. The standard InChI is InChI=1S/C11H17N3O2/c1-8-7-10(14-13-8)12-11(15)5-4-9-3-2-6-16-9/h7,9H,2-6H2,1H3,(H2,12,13,14,15). The van der Waals surface area contributed by atoms with Crippen LogP contribution in [0.15, 0.2) is 6.07 Å². The summed E-state index contributed by atoms with van der Waals surface area (Å²) in [5.74, 6) is 0.594. The maximum Gasteiger partial charge on any atom is 0.225 e. The molecular formula is C11H17N3O2. The third-order valence-corrected chi connectivity index (χ3v) is 2.69. The van der Waals surface area contributed by atoms with Crippen LogP contribution in [0.25, 0.3) is 0 Å². The highest BCUT2D eigenvalue weighted by Crippen LogP contribution is 2.17. The summed E-state index contributed by atoms with van der Waals surface area (Å²) in [4.78, 5) is 11.6. The first-order valence-corrected chi connectivity index (χ1v) is 5.67. The molecule has 2 rings (SSSR count). The molecule has 1 amide bonds. The smallest absolute Gasteiger partial charge is 0.225 e. The Balaban J connectivity index is 1.71. The van der Waals surface area contributed by atoms with Crippen molar-refractivity contribution in [3.63, 3.8) is 0 Å². The van der Waals surface area contributed by atoms with Crippen molar-refractivity contribution in [1.29, 1.82) is 0 Å². The molecule has 1 atom stereocenters. The molecule has 0 saturated carbocycles. The number of rotatable bonds is 4. The highest BCUT2D eigenvalue weighted by molar-refractivity contribution is 5.89. The van der Waals surface area contributed by atoms with Crippen molar-refractivity contribution in [2.45, 2.75) is 38.7 Å². The molecule has 0 spiro atoms. The van der Waals surface area contributed by atoms with Crippen molar-refractivity contribution in [2.24, 2.45) is 0 Å². The van der Waals surface area contributed by atoms with Crippen molar-refractivity contribution in [3.05, 3.63) is 11.8 Å². The minimum absolute atomic E-state index is 0.00185. The summed E-state index contributed by atoms with van der Waals surface area (Å²) >= 11 is 0. The Morgan fingerprint density at radius 1 is 1.75 bits per heavy atom. The van der Waals surface area contributed by atoms with Gasteiger partial charge in [0.05, 0.1) is 6.10 Å². The number of aromatic amines is 1. The fraction of sp³-hybridized carbons (Fsp3) is 0.636. The van der Waals surface area contributed by atoms with Gasteiger partial charge in [0.1, 0.15) is 0 Å². The van der Waals surface area contributed by atoms with E-state index in [0.717, 1.165) is 31.6 Å². The average Bonchev–Trinajstić information content (AvgIpc) is 2.87. The molecule has 1 unspecified atom stereocenters. The van der Waals surface area contributed by atoms with Crippen molar-refractivity contribution >= 4 is 11.7 Å². The zero-order valence-electron chi connectivity index (χ0n) is 9.45. The minimum Gasteiger partial charge on any atom is -0.378 e. The number of hydrogen-bond donors (Lipinski definition) is 2. The van der Waals surface area contributed by atoms with E-state index < -0.39 is 0 Å². The van der Waals surface area contributed by atoms with E-state index >= 15 is 0 Å². The summed E-state index contributed by atoms with van der Waals surface area (Å²) in [6, 6.07) is 1.81. The van der Waals surface area contributed by atoms with Crippen LogP contribution in [0.1, 0.15) is 31.4 Å². The lowest BCUT2D eigenvalue weighted by atomic mass is 10.1. The van der Waals surface area contributed by atoms with E-state index in [1.165, 1.54) is 0 Å². The number of aryl methyl sites for hydroxylation is 1. The summed E-state index contributed by atoms with van der Waals surface area (Å²) in [5, 5.41) is 9.48. The molecule has 0 radical (unpaired) electrons. The zero-order valence-corrected chi connectivity index (χ0v) is 9.45. The maximum atomic E-state index is 11.6. The van der Waals surface area contributed by atoms with Crippen LogP contribution in [0.5, 0.6) is 0 Å². The monoisotopic (exact) mass is 223 g/mol. The van der Waals surface area contributed by atoms with Gasteiger partial charge in [0.2, 0.25) is 5.91 Å². The van der Waals surface area contributed by atoms with Crippen LogP contribution in [0.4, 0.5) is 5.82 Å². The third kappa shape index (κ3) is 3.06. The van der Waals surface area contributed by atoms with Gasteiger partial charge in [-0.1, -0.05) is 0 Å². The molecule has 16 heavy (non-hydrogen) atoms. The molecule has 1 aromatic rings. The van der Waals surface area contributed by atoms with Gasteiger partial charge in [-0.2, -0.15) is 5.10 Å². The van der Waals surface area contributed by atoms with Gasteiger partial charge in [0.15, 0.2) is 5.82 Å². The first kappa shape index (κ1) is 11.1. The second kappa shape index (κ2) is 5.12. The van der Waals surface area contributed by atoms with Crippen LogP contribution < -0.4 is 5.32 Å². The van der Waals surface area contributed by atoms with E-state index in [9.17, 15) is 4.79 Å². The maximum absolute atomic E-state index is 11.6. The lowest BCUT2D eigenvalue weighted by Crippen LogP contribution is -2.15. The Labute approximate surface area is 94.6 Å². The number of nitrogens with zero attached hydrogens (tertiary/aromatic N) is 1. The van der Waals surface area contributed by atoms with E-state index in [4.69, 9.17) is 4.74 Å². The van der Waals surface area contributed by atoms with Gasteiger partial charge in [-0.05, 0) is 26.2 Å². The average molecular weight is 223 g/mol. The van der Waals surface area contributed by atoms with Gasteiger partial charge in [0.25, 0.3) is 0 Å². The highest BCUT2D eigenvalue weighted by Gasteiger charge is 2.16. The number of hydrogen-bond acceptors (Lipinski definition) is 3. The van der Waals surface area contributed by atoms with Gasteiger partial charge < -0.3 is 10.1 Å². The predicted molar refractivity (Wildman–Crippen MR) is 60.2 cm³/mol. The summed E-state index contributed by atoms with van der Waals surface area (Å²) in [6.07, 6.45) is 3.76. The summed E-state index contributed by atoms with van der Waals surface area (Å²) < 4.78 is 5.46. The SMILES string of the molecule is Cc1cc(NC(=O)CCC2CCCO2)n[nH]1. The van der Waals surface area contributed by atoms with Crippen LogP contribution in [0.2, 0.25) is 0 Å². The van der Waals surface area contributed by atoms with E-state index in [0.29, 0.717) is 12.2 Å². The molecule has 2 N–H and O–H groups in total. The Bertz CT molecular complexity index is 356. The van der Waals surface area contributed by atoms with E-state index in [1.54, 1.807) is 0 Å².